The zero-order chi connectivity index (χ0) is 20.5. The van der Waals surface area contributed by atoms with Gasteiger partial charge < -0.3 is 20.4 Å². The van der Waals surface area contributed by atoms with Crippen LogP contribution in [0.15, 0.2) is 48.7 Å². The van der Waals surface area contributed by atoms with Crippen molar-refractivity contribution in [1.29, 1.82) is 0 Å². The highest BCUT2D eigenvalue weighted by Gasteiger charge is 2.39. The number of nitrogens with zero attached hydrogens (tertiary/aromatic N) is 2. The van der Waals surface area contributed by atoms with Gasteiger partial charge in [-0.25, -0.2) is 5.84 Å². The molecule has 0 radical (unpaired) electrons. The van der Waals surface area contributed by atoms with Gasteiger partial charge in [-0.05, 0) is 56.9 Å². The van der Waals surface area contributed by atoms with E-state index in [-0.39, 0.29) is 17.9 Å². The fourth-order valence-electron chi connectivity index (χ4n) is 3.91. The van der Waals surface area contributed by atoms with E-state index in [1.54, 1.807) is 13.2 Å². The van der Waals surface area contributed by atoms with Gasteiger partial charge in [-0.1, -0.05) is 18.2 Å². The highest BCUT2D eigenvalue weighted by Crippen LogP contribution is 2.44. The summed E-state index contributed by atoms with van der Waals surface area (Å²) in [7, 11) is 1.72. The number of anilines is 1. The summed E-state index contributed by atoms with van der Waals surface area (Å²) in [5.74, 6) is 7.59. The predicted molar refractivity (Wildman–Crippen MR) is 115 cm³/mol. The van der Waals surface area contributed by atoms with E-state index in [4.69, 9.17) is 16.3 Å². The summed E-state index contributed by atoms with van der Waals surface area (Å²) < 4.78 is 6.33. The zero-order valence-corrected chi connectivity index (χ0v) is 17.0. The Balaban J connectivity index is 1.83. The first-order valence-corrected chi connectivity index (χ1v) is 10.1. The van der Waals surface area contributed by atoms with Crippen LogP contribution in [0.4, 0.5) is 5.69 Å². The van der Waals surface area contributed by atoms with Crippen LogP contribution < -0.4 is 21.2 Å². The fraction of sp³-hybridized carbons (Fsp3) is 0.348. The molecule has 1 aliphatic carbocycles. The molecule has 4 N–H and O–H groups in total. The molecule has 0 saturated heterocycles. The normalized spacial score (nSPS) is 18.9. The lowest BCUT2D eigenvalue weighted by molar-refractivity contribution is -0.120. The highest BCUT2D eigenvalue weighted by molar-refractivity contribution is 5.99. The number of fused-ring (bicyclic) bond motifs is 1. The van der Waals surface area contributed by atoms with Crippen LogP contribution >= 0.6 is 0 Å². The van der Waals surface area contributed by atoms with Gasteiger partial charge in [-0.2, -0.15) is 0 Å². The Bertz CT molecular complexity index is 935. The van der Waals surface area contributed by atoms with Gasteiger partial charge in [0.1, 0.15) is 11.5 Å². The molecule has 1 atom stereocenters. The van der Waals surface area contributed by atoms with Crippen molar-refractivity contribution in [3.8, 4) is 11.5 Å². The maximum atomic E-state index is 13.0. The van der Waals surface area contributed by atoms with Crippen LogP contribution in [-0.4, -0.2) is 24.0 Å². The SMILES string of the molecule is CC1CCc2c(ccc(/C(N)=C/N(C)N)c2Oc2ccccc2)N1C(=O)C1CC1. The third-order valence-electron chi connectivity index (χ3n) is 5.53. The Hall–Kier alpha value is -2.99. The highest BCUT2D eigenvalue weighted by atomic mass is 16.5. The lowest BCUT2D eigenvalue weighted by Gasteiger charge is -2.36. The quantitative estimate of drug-likeness (QED) is 0.600. The van der Waals surface area contributed by atoms with Crippen molar-refractivity contribution in [3.63, 3.8) is 0 Å². The molecule has 2 aliphatic rings. The summed E-state index contributed by atoms with van der Waals surface area (Å²) in [5.41, 5.74) is 9.59. The van der Waals surface area contributed by atoms with Crippen LogP contribution in [0.1, 0.15) is 37.3 Å². The van der Waals surface area contributed by atoms with Gasteiger partial charge in [0.2, 0.25) is 5.91 Å². The molecule has 6 nitrogen and oxygen atoms in total. The predicted octanol–water partition coefficient (Wildman–Crippen LogP) is 3.62. The van der Waals surface area contributed by atoms with E-state index in [1.165, 1.54) is 5.01 Å². The molecule has 152 valence electrons. The number of carbonyl (C=O) groups is 1. The number of carbonyl (C=O) groups excluding carboxylic acids is 1. The molecule has 2 aromatic carbocycles. The number of para-hydroxylation sites is 1. The van der Waals surface area contributed by atoms with Gasteiger partial charge in [0.15, 0.2) is 0 Å². The second kappa shape index (κ2) is 7.79. The van der Waals surface area contributed by atoms with Crippen LogP contribution in [0.2, 0.25) is 0 Å². The van der Waals surface area contributed by atoms with Crippen LogP contribution in [0, 0.1) is 5.92 Å². The molecule has 29 heavy (non-hydrogen) atoms. The molecule has 1 saturated carbocycles. The van der Waals surface area contributed by atoms with Crippen molar-refractivity contribution in [2.75, 3.05) is 11.9 Å². The molecule has 0 bridgehead atoms. The number of nitrogens with two attached hydrogens (primary N) is 2. The molecule has 6 heteroatoms. The third-order valence-corrected chi connectivity index (χ3v) is 5.53. The number of ether oxygens (including phenoxy) is 1. The van der Waals surface area contributed by atoms with Gasteiger partial charge in [-0.3, -0.25) is 4.79 Å². The Morgan fingerprint density at radius 1 is 1.17 bits per heavy atom. The number of amides is 1. The summed E-state index contributed by atoms with van der Waals surface area (Å²) in [5, 5.41) is 1.42. The zero-order valence-electron chi connectivity index (χ0n) is 17.0. The molecule has 1 fully saturated rings. The summed E-state index contributed by atoms with van der Waals surface area (Å²) >= 11 is 0. The molecule has 0 aromatic heterocycles. The Morgan fingerprint density at radius 3 is 2.55 bits per heavy atom. The van der Waals surface area contributed by atoms with E-state index in [2.05, 4.69) is 6.92 Å². The first kappa shape index (κ1) is 19.3. The lowest BCUT2D eigenvalue weighted by atomic mass is 9.92. The number of hydrogen-bond acceptors (Lipinski definition) is 5. The molecular formula is C23H28N4O2. The topological polar surface area (TPSA) is 84.8 Å². The van der Waals surface area contributed by atoms with E-state index in [9.17, 15) is 4.79 Å². The minimum atomic E-state index is 0.164. The van der Waals surface area contributed by atoms with E-state index in [0.717, 1.165) is 48.2 Å². The summed E-state index contributed by atoms with van der Waals surface area (Å²) in [4.78, 5) is 15.0. The van der Waals surface area contributed by atoms with Crippen molar-refractivity contribution in [3.05, 3.63) is 59.8 Å². The number of hydrogen-bond donors (Lipinski definition) is 2. The van der Waals surface area contributed by atoms with Gasteiger partial charge >= 0.3 is 0 Å². The number of rotatable bonds is 5. The Labute approximate surface area is 171 Å². The first-order chi connectivity index (χ1) is 14.0. The molecule has 2 aromatic rings. The van der Waals surface area contributed by atoms with Gasteiger partial charge in [-0.15, -0.1) is 0 Å². The molecule has 1 amide bonds. The maximum absolute atomic E-state index is 13.0. The van der Waals surface area contributed by atoms with E-state index >= 15 is 0 Å². The average Bonchev–Trinajstić information content (AvgIpc) is 3.53. The van der Waals surface area contributed by atoms with E-state index in [0.29, 0.717) is 11.4 Å². The second-order valence-electron chi connectivity index (χ2n) is 7.98. The standard InChI is InChI=1S/C23H28N4O2/c1-15-8-11-19-21(27(15)23(28)16-9-10-16)13-12-18(20(24)14-26(2)25)22(19)29-17-6-4-3-5-7-17/h3-7,12-16H,8-11,24-25H2,1-2H3/b20-14-. The number of benzene rings is 2. The average molecular weight is 393 g/mol. The minimum absolute atomic E-state index is 0.164. The maximum Gasteiger partial charge on any atom is 0.230 e. The van der Waals surface area contributed by atoms with Crippen LogP contribution in [0.5, 0.6) is 11.5 Å². The molecule has 1 heterocycles. The minimum Gasteiger partial charge on any atom is -0.456 e. The Kier molecular flexibility index (Phi) is 5.20. The Morgan fingerprint density at radius 2 is 1.90 bits per heavy atom. The van der Waals surface area contributed by atoms with E-state index in [1.807, 2.05) is 47.4 Å². The van der Waals surface area contributed by atoms with Gasteiger partial charge in [0.25, 0.3) is 0 Å². The summed E-state index contributed by atoms with van der Waals surface area (Å²) in [6.45, 7) is 2.12. The van der Waals surface area contributed by atoms with Gasteiger partial charge in [0, 0.05) is 36.3 Å². The van der Waals surface area contributed by atoms with E-state index < -0.39 is 0 Å². The van der Waals surface area contributed by atoms with Crippen LogP contribution in [0.25, 0.3) is 5.70 Å². The monoisotopic (exact) mass is 392 g/mol. The first-order valence-electron chi connectivity index (χ1n) is 10.1. The molecule has 1 unspecified atom stereocenters. The largest absolute Gasteiger partial charge is 0.456 e. The molecular weight excluding hydrogens is 364 g/mol. The lowest BCUT2D eigenvalue weighted by Crippen LogP contribution is -2.43. The molecule has 1 aliphatic heterocycles. The third kappa shape index (κ3) is 3.93. The van der Waals surface area contributed by atoms with Crippen molar-refractivity contribution in [2.24, 2.45) is 17.5 Å². The van der Waals surface area contributed by atoms with Crippen molar-refractivity contribution in [2.45, 2.75) is 38.6 Å². The molecule has 0 spiro atoms. The van der Waals surface area contributed by atoms with Crippen LogP contribution in [-0.2, 0) is 11.2 Å². The van der Waals surface area contributed by atoms with Crippen molar-refractivity contribution < 1.29 is 9.53 Å². The van der Waals surface area contributed by atoms with Crippen LogP contribution in [0.3, 0.4) is 0 Å². The van der Waals surface area contributed by atoms with Crippen molar-refractivity contribution in [1.82, 2.24) is 5.01 Å². The molecule has 4 rings (SSSR count). The van der Waals surface area contributed by atoms with Crippen molar-refractivity contribution >= 4 is 17.3 Å². The van der Waals surface area contributed by atoms with Gasteiger partial charge in [0.05, 0.1) is 11.4 Å². The summed E-state index contributed by atoms with van der Waals surface area (Å²) in [6.07, 6.45) is 5.36. The fourth-order valence-corrected chi connectivity index (χ4v) is 3.91. The number of hydrazine groups is 1. The second-order valence-corrected chi connectivity index (χ2v) is 7.98. The smallest absolute Gasteiger partial charge is 0.230 e. The summed E-state index contributed by atoms with van der Waals surface area (Å²) in [6, 6.07) is 13.7.